The van der Waals surface area contributed by atoms with E-state index in [0.717, 1.165) is 27.9 Å². The lowest BCUT2D eigenvalue weighted by molar-refractivity contribution is -0.384. The van der Waals surface area contributed by atoms with Crippen LogP contribution in [-0.2, 0) is 0 Å². The van der Waals surface area contributed by atoms with Gasteiger partial charge >= 0.3 is 0 Å². The molecule has 4 aromatic rings. The van der Waals surface area contributed by atoms with Crippen molar-refractivity contribution in [1.82, 2.24) is 4.98 Å². The van der Waals surface area contributed by atoms with Crippen LogP contribution in [0.4, 0.5) is 11.4 Å². The fourth-order valence-corrected chi connectivity index (χ4v) is 2.95. The molecule has 0 saturated heterocycles. The molecule has 0 saturated carbocycles. The smallest absolute Gasteiger partial charge is 0.270 e. The van der Waals surface area contributed by atoms with Gasteiger partial charge in [0.2, 0.25) is 5.89 Å². The Hall–Kier alpha value is -4.06. The third kappa shape index (κ3) is 4.11. The lowest BCUT2D eigenvalue weighted by Crippen LogP contribution is -1.87. The molecule has 0 amide bonds. The highest BCUT2D eigenvalue weighted by atomic mass is 16.6. The molecule has 1 heterocycles. The summed E-state index contributed by atoms with van der Waals surface area (Å²) in [5.74, 6) is 0.588. The predicted octanol–water partition coefficient (Wildman–Crippen LogP) is 6.13. The van der Waals surface area contributed by atoms with Gasteiger partial charge in [-0.2, -0.15) is 0 Å². The van der Waals surface area contributed by atoms with E-state index in [9.17, 15) is 10.1 Å². The molecule has 142 valence electrons. The van der Waals surface area contributed by atoms with Gasteiger partial charge in [-0.1, -0.05) is 36.4 Å². The Kier molecular flexibility index (Phi) is 4.99. The van der Waals surface area contributed by atoms with E-state index in [1.807, 2.05) is 49.4 Å². The molecule has 0 spiro atoms. The Morgan fingerprint density at radius 3 is 2.76 bits per heavy atom. The summed E-state index contributed by atoms with van der Waals surface area (Å²) < 4.78 is 5.87. The summed E-state index contributed by atoms with van der Waals surface area (Å²) in [5.41, 5.74) is 5.04. The summed E-state index contributed by atoms with van der Waals surface area (Å²) in [5, 5.41) is 10.8. The molecular weight excluding hydrogens is 366 g/mol. The number of benzene rings is 3. The van der Waals surface area contributed by atoms with Gasteiger partial charge in [0, 0.05) is 23.9 Å². The largest absolute Gasteiger partial charge is 0.436 e. The minimum atomic E-state index is -0.413. The molecule has 29 heavy (non-hydrogen) atoms. The van der Waals surface area contributed by atoms with Crippen LogP contribution < -0.4 is 0 Å². The summed E-state index contributed by atoms with van der Waals surface area (Å²) >= 11 is 0. The van der Waals surface area contributed by atoms with Crippen LogP contribution in [0, 0.1) is 17.0 Å². The van der Waals surface area contributed by atoms with Crippen LogP contribution in [0.2, 0.25) is 0 Å². The van der Waals surface area contributed by atoms with Gasteiger partial charge in [0.25, 0.3) is 5.69 Å². The summed E-state index contributed by atoms with van der Waals surface area (Å²) in [6.07, 6.45) is 5.15. The van der Waals surface area contributed by atoms with Gasteiger partial charge in [0.05, 0.1) is 10.6 Å². The van der Waals surface area contributed by atoms with Crippen molar-refractivity contribution in [2.45, 2.75) is 6.92 Å². The summed E-state index contributed by atoms with van der Waals surface area (Å²) in [6.45, 7) is 2.02. The molecule has 0 aliphatic carbocycles. The van der Waals surface area contributed by atoms with Crippen LogP contribution in [0.15, 0.2) is 82.2 Å². The molecule has 0 radical (unpaired) electrons. The Labute approximate surface area is 167 Å². The van der Waals surface area contributed by atoms with E-state index >= 15 is 0 Å². The van der Waals surface area contributed by atoms with Gasteiger partial charge in [0.15, 0.2) is 5.58 Å². The van der Waals surface area contributed by atoms with E-state index in [-0.39, 0.29) is 5.69 Å². The van der Waals surface area contributed by atoms with Crippen molar-refractivity contribution >= 4 is 34.8 Å². The van der Waals surface area contributed by atoms with Gasteiger partial charge in [0.1, 0.15) is 5.52 Å². The minimum Gasteiger partial charge on any atom is -0.436 e. The second-order valence-electron chi connectivity index (χ2n) is 6.48. The quantitative estimate of drug-likeness (QED) is 0.236. The molecule has 0 unspecified atom stereocenters. The van der Waals surface area contributed by atoms with Gasteiger partial charge in [-0.15, -0.1) is 0 Å². The monoisotopic (exact) mass is 383 g/mol. The SMILES string of the molecule is Cc1ccccc1-c1nc2cc(N=CC=Cc3cccc([N+](=O)[O-])c3)ccc2o1. The van der Waals surface area contributed by atoms with Crippen LogP contribution >= 0.6 is 0 Å². The van der Waals surface area contributed by atoms with Crippen LogP contribution in [0.3, 0.4) is 0 Å². The zero-order valence-electron chi connectivity index (χ0n) is 15.6. The number of aliphatic imine (C=N–C) groups is 1. The Morgan fingerprint density at radius 1 is 1.07 bits per heavy atom. The number of aromatic nitrogens is 1. The lowest BCUT2D eigenvalue weighted by Gasteiger charge is -1.98. The van der Waals surface area contributed by atoms with Crippen molar-refractivity contribution in [3.8, 4) is 11.5 Å². The van der Waals surface area contributed by atoms with Crippen molar-refractivity contribution in [2.24, 2.45) is 4.99 Å². The maximum absolute atomic E-state index is 10.8. The first-order valence-electron chi connectivity index (χ1n) is 9.02. The molecule has 0 aliphatic rings. The highest BCUT2D eigenvalue weighted by Gasteiger charge is 2.10. The number of hydrogen-bond acceptors (Lipinski definition) is 5. The zero-order valence-corrected chi connectivity index (χ0v) is 15.6. The number of nitro groups is 1. The Bertz CT molecular complexity index is 1260. The number of non-ortho nitro benzene ring substituents is 1. The van der Waals surface area contributed by atoms with Crippen LogP contribution in [-0.4, -0.2) is 16.1 Å². The average Bonchev–Trinajstić information content (AvgIpc) is 3.15. The van der Waals surface area contributed by atoms with Crippen LogP contribution in [0.1, 0.15) is 11.1 Å². The summed E-state index contributed by atoms with van der Waals surface area (Å²) in [4.78, 5) is 19.4. The van der Waals surface area contributed by atoms with Crippen molar-refractivity contribution in [3.63, 3.8) is 0 Å². The molecule has 1 aromatic heterocycles. The van der Waals surface area contributed by atoms with Crippen molar-refractivity contribution in [3.05, 3.63) is 94.0 Å². The third-order valence-corrected chi connectivity index (χ3v) is 4.43. The van der Waals surface area contributed by atoms with Gasteiger partial charge in [-0.3, -0.25) is 15.1 Å². The number of nitro benzene ring substituents is 1. The fourth-order valence-electron chi connectivity index (χ4n) is 2.95. The van der Waals surface area contributed by atoms with E-state index < -0.39 is 4.92 Å². The first kappa shape index (κ1) is 18.3. The van der Waals surface area contributed by atoms with Gasteiger partial charge < -0.3 is 4.42 Å². The molecule has 0 atom stereocenters. The number of oxazole rings is 1. The van der Waals surface area contributed by atoms with Crippen LogP contribution in [0.5, 0.6) is 0 Å². The lowest BCUT2D eigenvalue weighted by atomic mass is 10.1. The second kappa shape index (κ2) is 7.90. The first-order valence-corrected chi connectivity index (χ1v) is 9.02. The standard InChI is InChI=1S/C23H17N3O3/c1-16-6-2-3-10-20(16)23-25-21-15-18(11-12-22(21)29-23)24-13-5-8-17-7-4-9-19(14-17)26(27)28/h2-15H,1H3. The van der Waals surface area contributed by atoms with Crippen molar-refractivity contribution in [1.29, 1.82) is 0 Å². The number of nitrogens with zero attached hydrogens (tertiary/aromatic N) is 3. The van der Waals surface area contributed by atoms with Gasteiger partial charge in [-0.05, 0) is 48.4 Å². The number of aryl methyl sites for hydroxylation is 1. The van der Waals surface area contributed by atoms with E-state index in [1.165, 1.54) is 12.1 Å². The predicted molar refractivity (Wildman–Crippen MR) is 114 cm³/mol. The second-order valence-corrected chi connectivity index (χ2v) is 6.48. The Balaban J connectivity index is 1.53. The fraction of sp³-hybridized carbons (Fsp3) is 0.0435. The van der Waals surface area contributed by atoms with E-state index in [4.69, 9.17) is 4.42 Å². The van der Waals surface area contributed by atoms with Crippen molar-refractivity contribution in [2.75, 3.05) is 0 Å². The molecule has 6 nitrogen and oxygen atoms in total. The number of fused-ring (bicyclic) bond motifs is 1. The maximum atomic E-state index is 10.8. The topological polar surface area (TPSA) is 81.5 Å². The molecule has 3 aromatic carbocycles. The summed E-state index contributed by atoms with van der Waals surface area (Å²) in [6, 6.07) is 19.9. The minimum absolute atomic E-state index is 0.0602. The molecule has 0 fully saturated rings. The van der Waals surface area contributed by atoms with E-state index in [1.54, 1.807) is 30.5 Å². The molecule has 0 N–H and O–H groups in total. The van der Waals surface area contributed by atoms with Gasteiger partial charge in [-0.25, -0.2) is 4.98 Å². The summed E-state index contributed by atoms with van der Waals surface area (Å²) in [7, 11) is 0. The molecule has 0 aliphatic heterocycles. The molecular formula is C23H17N3O3. The Morgan fingerprint density at radius 2 is 1.93 bits per heavy atom. The maximum Gasteiger partial charge on any atom is 0.270 e. The van der Waals surface area contributed by atoms with E-state index in [0.29, 0.717) is 11.5 Å². The first-order chi connectivity index (χ1) is 14.1. The zero-order chi connectivity index (χ0) is 20.2. The molecule has 6 heteroatoms. The van der Waals surface area contributed by atoms with Crippen molar-refractivity contribution < 1.29 is 9.34 Å². The normalized spacial score (nSPS) is 11.6. The third-order valence-electron chi connectivity index (χ3n) is 4.43. The van der Waals surface area contributed by atoms with E-state index in [2.05, 4.69) is 9.98 Å². The average molecular weight is 383 g/mol. The molecule has 0 bridgehead atoms. The highest BCUT2D eigenvalue weighted by Crippen LogP contribution is 2.28. The number of rotatable bonds is 5. The number of hydrogen-bond donors (Lipinski definition) is 0. The van der Waals surface area contributed by atoms with Crippen LogP contribution in [0.25, 0.3) is 28.6 Å². The highest BCUT2D eigenvalue weighted by molar-refractivity contribution is 5.84. The number of allylic oxidation sites excluding steroid dienone is 1. The molecule has 4 rings (SSSR count).